The second-order valence-electron chi connectivity index (χ2n) is 7.53. The molecule has 0 bridgehead atoms. The predicted octanol–water partition coefficient (Wildman–Crippen LogP) is 0.476. The van der Waals surface area contributed by atoms with Gasteiger partial charge in [0, 0.05) is 6.42 Å². The Kier molecular flexibility index (Phi) is 6.44. The van der Waals surface area contributed by atoms with Crippen molar-refractivity contribution in [2.45, 2.75) is 51.1 Å². The SMILES string of the molecule is CC(=O)CCC[C@H](N)C(=O)N1CC(Oc2ccc3c(c2C(=O)O)OB(O)CC3)C1. The van der Waals surface area contributed by atoms with E-state index in [0.717, 1.165) is 0 Å². The molecule has 0 spiro atoms. The summed E-state index contributed by atoms with van der Waals surface area (Å²) in [4.78, 5) is 36.6. The number of benzene rings is 1. The van der Waals surface area contributed by atoms with Gasteiger partial charge in [-0.2, -0.15) is 0 Å². The van der Waals surface area contributed by atoms with Crippen LogP contribution < -0.4 is 15.1 Å². The molecule has 2 aliphatic rings. The summed E-state index contributed by atoms with van der Waals surface area (Å²) in [7, 11) is -1.04. The minimum absolute atomic E-state index is 0.0674. The maximum atomic E-state index is 12.3. The third-order valence-electron chi connectivity index (χ3n) is 5.14. The number of Topliss-reactive ketones (excluding diaryl/α,β-unsaturated/α-hetero) is 1. The lowest BCUT2D eigenvalue weighted by molar-refractivity contribution is -0.141. The van der Waals surface area contributed by atoms with Gasteiger partial charge in [0.15, 0.2) is 0 Å². The molecule has 3 rings (SSSR count). The number of carboxylic acid groups (broad SMARTS) is 1. The number of likely N-dealkylation sites (tertiary alicyclic amines) is 1. The number of hydrogen-bond acceptors (Lipinski definition) is 7. The number of aryl methyl sites for hydroxylation is 1. The Bertz CT molecular complexity index is 810. The monoisotopic (exact) mass is 404 g/mol. The third-order valence-corrected chi connectivity index (χ3v) is 5.14. The molecule has 0 radical (unpaired) electrons. The Balaban J connectivity index is 1.59. The lowest BCUT2D eigenvalue weighted by atomic mass is 9.78. The van der Waals surface area contributed by atoms with Crippen LogP contribution in [0.25, 0.3) is 0 Å². The van der Waals surface area contributed by atoms with Gasteiger partial charge in [0.25, 0.3) is 0 Å². The van der Waals surface area contributed by atoms with Crippen molar-refractivity contribution in [1.29, 1.82) is 0 Å². The van der Waals surface area contributed by atoms with E-state index in [-0.39, 0.29) is 34.9 Å². The van der Waals surface area contributed by atoms with Gasteiger partial charge in [-0.3, -0.25) is 4.79 Å². The minimum atomic E-state index is -1.20. The molecule has 1 aromatic rings. The van der Waals surface area contributed by atoms with Gasteiger partial charge in [-0.05, 0) is 44.1 Å². The Morgan fingerprint density at radius 2 is 2.10 bits per heavy atom. The summed E-state index contributed by atoms with van der Waals surface area (Å²) in [6.07, 6.45) is 1.98. The molecule has 1 fully saturated rings. The number of carbonyl (C=O) groups is 3. The zero-order valence-electron chi connectivity index (χ0n) is 16.3. The molecular formula is C19H25BN2O7. The minimum Gasteiger partial charge on any atom is -0.535 e. The Morgan fingerprint density at radius 1 is 1.38 bits per heavy atom. The van der Waals surface area contributed by atoms with Crippen LogP contribution in [0.1, 0.15) is 42.1 Å². The van der Waals surface area contributed by atoms with E-state index in [1.165, 1.54) is 6.92 Å². The Hall–Kier alpha value is -2.59. The number of amides is 1. The lowest BCUT2D eigenvalue weighted by Gasteiger charge is -2.40. The fourth-order valence-corrected chi connectivity index (χ4v) is 3.51. The first-order valence-electron chi connectivity index (χ1n) is 9.70. The third kappa shape index (κ3) is 4.88. The Labute approximate surface area is 168 Å². The first-order valence-corrected chi connectivity index (χ1v) is 9.70. The molecule has 0 aromatic heterocycles. The van der Waals surface area contributed by atoms with Crippen molar-refractivity contribution in [2.75, 3.05) is 13.1 Å². The lowest BCUT2D eigenvalue weighted by Crippen LogP contribution is -2.59. The highest BCUT2D eigenvalue weighted by atomic mass is 16.5. The van der Waals surface area contributed by atoms with Crippen LogP contribution in [-0.2, 0) is 16.0 Å². The molecule has 1 amide bonds. The molecule has 10 heteroatoms. The number of carboxylic acids is 1. The van der Waals surface area contributed by atoms with Gasteiger partial charge in [-0.15, -0.1) is 0 Å². The first-order chi connectivity index (χ1) is 13.8. The molecule has 2 heterocycles. The highest BCUT2D eigenvalue weighted by Gasteiger charge is 2.36. The molecule has 1 atom stereocenters. The molecule has 29 heavy (non-hydrogen) atoms. The summed E-state index contributed by atoms with van der Waals surface area (Å²) in [6, 6.07) is 2.65. The van der Waals surface area contributed by atoms with Gasteiger partial charge in [-0.25, -0.2) is 4.79 Å². The topological polar surface area (TPSA) is 139 Å². The van der Waals surface area contributed by atoms with E-state index in [4.69, 9.17) is 15.1 Å². The summed E-state index contributed by atoms with van der Waals surface area (Å²) >= 11 is 0. The number of fused-ring (bicyclic) bond motifs is 1. The van der Waals surface area contributed by atoms with Crippen molar-refractivity contribution in [3.63, 3.8) is 0 Å². The number of aromatic carboxylic acids is 1. The smallest absolute Gasteiger partial charge is 0.522 e. The van der Waals surface area contributed by atoms with Gasteiger partial charge in [0.1, 0.15) is 28.9 Å². The van der Waals surface area contributed by atoms with E-state index in [9.17, 15) is 24.5 Å². The van der Waals surface area contributed by atoms with Crippen molar-refractivity contribution >= 4 is 24.8 Å². The summed E-state index contributed by atoms with van der Waals surface area (Å²) < 4.78 is 11.1. The zero-order valence-corrected chi connectivity index (χ0v) is 16.3. The van der Waals surface area contributed by atoms with E-state index >= 15 is 0 Å². The van der Waals surface area contributed by atoms with Crippen LogP contribution in [0.4, 0.5) is 0 Å². The maximum absolute atomic E-state index is 12.3. The van der Waals surface area contributed by atoms with Gasteiger partial charge >= 0.3 is 13.1 Å². The Morgan fingerprint density at radius 3 is 2.76 bits per heavy atom. The number of rotatable bonds is 8. The summed E-state index contributed by atoms with van der Waals surface area (Å²) in [5, 5.41) is 19.3. The molecule has 9 nitrogen and oxygen atoms in total. The molecule has 2 aliphatic heterocycles. The van der Waals surface area contributed by atoms with E-state index in [2.05, 4.69) is 0 Å². The van der Waals surface area contributed by atoms with Crippen molar-refractivity contribution in [2.24, 2.45) is 5.73 Å². The van der Waals surface area contributed by atoms with E-state index in [1.807, 2.05) is 0 Å². The summed E-state index contributed by atoms with van der Waals surface area (Å²) in [5.74, 6) is -1.06. The number of carbonyl (C=O) groups excluding carboxylic acids is 2. The van der Waals surface area contributed by atoms with Gasteiger partial charge in [-0.1, -0.05) is 6.07 Å². The molecule has 0 unspecified atom stereocenters. The normalized spacial score (nSPS) is 17.1. The summed E-state index contributed by atoms with van der Waals surface area (Å²) in [5.41, 5.74) is 6.50. The number of ketones is 1. The number of nitrogens with zero attached hydrogens (tertiary/aromatic N) is 1. The van der Waals surface area contributed by atoms with Crippen LogP contribution in [0, 0.1) is 0 Å². The predicted molar refractivity (Wildman–Crippen MR) is 104 cm³/mol. The van der Waals surface area contributed by atoms with Gasteiger partial charge in [0.05, 0.1) is 19.1 Å². The van der Waals surface area contributed by atoms with Crippen LogP contribution >= 0.6 is 0 Å². The highest BCUT2D eigenvalue weighted by Crippen LogP contribution is 2.37. The highest BCUT2D eigenvalue weighted by molar-refractivity contribution is 6.44. The fraction of sp³-hybridized carbons (Fsp3) is 0.526. The molecule has 1 aromatic carbocycles. The maximum Gasteiger partial charge on any atom is 0.522 e. The number of nitrogens with two attached hydrogens (primary N) is 1. The first kappa shape index (κ1) is 21.1. The number of ether oxygens (including phenoxy) is 1. The van der Waals surface area contributed by atoms with E-state index in [1.54, 1.807) is 17.0 Å². The quantitative estimate of drug-likeness (QED) is 0.532. The van der Waals surface area contributed by atoms with E-state index in [0.29, 0.717) is 50.7 Å². The average molecular weight is 404 g/mol. The molecular weight excluding hydrogens is 379 g/mol. The largest absolute Gasteiger partial charge is 0.535 e. The van der Waals surface area contributed by atoms with Crippen LogP contribution in [-0.4, -0.2) is 65.0 Å². The second-order valence-corrected chi connectivity index (χ2v) is 7.53. The van der Waals surface area contributed by atoms with Crippen LogP contribution in [0.3, 0.4) is 0 Å². The van der Waals surface area contributed by atoms with Crippen LogP contribution in [0.15, 0.2) is 12.1 Å². The molecule has 0 aliphatic carbocycles. The number of hydrogen-bond donors (Lipinski definition) is 3. The average Bonchev–Trinajstić information content (AvgIpc) is 2.62. The van der Waals surface area contributed by atoms with E-state index < -0.39 is 19.1 Å². The standard InChI is InChI=1S/C19H25BN2O7/c1-11(23)3-2-4-14(21)18(24)22-9-13(10-22)28-15-6-5-12-7-8-20(27)29-17(12)16(15)19(25)26/h5-6,13-14,27H,2-4,7-10,21H2,1H3,(H,25,26)/t14-/m0/s1. The molecule has 156 valence electrons. The summed E-state index contributed by atoms with van der Waals surface area (Å²) in [6.45, 7) is 2.11. The van der Waals surface area contributed by atoms with Crippen molar-refractivity contribution < 1.29 is 33.9 Å². The second kappa shape index (κ2) is 8.83. The van der Waals surface area contributed by atoms with Crippen LogP contribution in [0.5, 0.6) is 11.5 Å². The van der Waals surface area contributed by atoms with Crippen LogP contribution in [0.2, 0.25) is 6.32 Å². The molecule has 1 saturated heterocycles. The fourth-order valence-electron chi connectivity index (χ4n) is 3.51. The molecule has 4 N–H and O–H groups in total. The zero-order chi connectivity index (χ0) is 21.1. The molecule has 0 saturated carbocycles. The van der Waals surface area contributed by atoms with Crippen molar-refractivity contribution in [3.8, 4) is 11.5 Å². The van der Waals surface area contributed by atoms with Gasteiger partial charge < -0.3 is 34.9 Å². The van der Waals surface area contributed by atoms with Crippen molar-refractivity contribution in [3.05, 3.63) is 23.3 Å². The van der Waals surface area contributed by atoms with Crippen molar-refractivity contribution in [1.82, 2.24) is 4.90 Å². The van der Waals surface area contributed by atoms with Gasteiger partial charge in [0.2, 0.25) is 5.91 Å².